The summed E-state index contributed by atoms with van der Waals surface area (Å²) >= 11 is 0. The molecule has 0 saturated carbocycles. The van der Waals surface area contributed by atoms with E-state index in [1.807, 2.05) is 0 Å². The molecular formula is C12H18N2O4S2. The molecule has 2 rings (SSSR count). The first-order valence-electron chi connectivity index (χ1n) is 6.27. The SMILES string of the molecule is CS(=O)(=O)c1ccc(S(=O)(=O)N2CCC[C@@H](N)C2)cc1. The van der Waals surface area contributed by atoms with Crippen molar-refractivity contribution in [3.05, 3.63) is 24.3 Å². The maximum Gasteiger partial charge on any atom is 0.243 e. The van der Waals surface area contributed by atoms with Gasteiger partial charge in [0.05, 0.1) is 9.79 Å². The minimum Gasteiger partial charge on any atom is -0.327 e. The summed E-state index contributed by atoms with van der Waals surface area (Å²) in [6.07, 6.45) is 2.64. The Bertz CT molecular complexity index is 681. The van der Waals surface area contributed by atoms with E-state index in [0.29, 0.717) is 13.1 Å². The molecule has 0 radical (unpaired) electrons. The third-order valence-electron chi connectivity index (χ3n) is 3.31. The molecule has 1 aromatic rings. The quantitative estimate of drug-likeness (QED) is 0.858. The molecule has 1 aliphatic rings. The van der Waals surface area contributed by atoms with Crippen LogP contribution in [0.5, 0.6) is 0 Å². The van der Waals surface area contributed by atoms with E-state index >= 15 is 0 Å². The smallest absolute Gasteiger partial charge is 0.243 e. The van der Waals surface area contributed by atoms with Crippen molar-refractivity contribution in [2.24, 2.45) is 5.73 Å². The Labute approximate surface area is 119 Å². The Morgan fingerprint density at radius 1 is 1.10 bits per heavy atom. The Morgan fingerprint density at radius 3 is 2.15 bits per heavy atom. The lowest BCUT2D eigenvalue weighted by atomic mass is 10.1. The number of hydrogen-bond acceptors (Lipinski definition) is 5. The summed E-state index contributed by atoms with van der Waals surface area (Å²) in [7, 11) is -6.93. The van der Waals surface area contributed by atoms with Gasteiger partial charge in [0.25, 0.3) is 0 Å². The third kappa shape index (κ3) is 3.20. The number of sulfone groups is 1. The van der Waals surface area contributed by atoms with Gasteiger partial charge in [-0.25, -0.2) is 16.8 Å². The van der Waals surface area contributed by atoms with E-state index in [1.165, 1.54) is 28.6 Å². The van der Waals surface area contributed by atoms with Crippen molar-refractivity contribution >= 4 is 19.9 Å². The second kappa shape index (κ2) is 5.44. The Hall–Kier alpha value is -0.960. The van der Waals surface area contributed by atoms with Crippen molar-refractivity contribution in [1.29, 1.82) is 0 Å². The maximum atomic E-state index is 12.4. The monoisotopic (exact) mass is 318 g/mol. The molecule has 0 amide bonds. The van der Waals surface area contributed by atoms with Crippen LogP contribution in [0.4, 0.5) is 0 Å². The molecule has 0 spiro atoms. The largest absolute Gasteiger partial charge is 0.327 e. The molecule has 1 atom stereocenters. The summed E-state index contributed by atoms with van der Waals surface area (Å²) in [5.41, 5.74) is 5.80. The van der Waals surface area contributed by atoms with E-state index in [9.17, 15) is 16.8 Å². The number of sulfonamides is 1. The van der Waals surface area contributed by atoms with E-state index in [-0.39, 0.29) is 15.8 Å². The normalized spacial score (nSPS) is 21.8. The summed E-state index contributed by atoms with van der Waals surface area (Å²) in [6.45, 7) is 0.750. The van der Waals surface area contributed by atoms with Crippen molar-refractivity contribution < 1.29 is 16.8 Å². The molecule has 1 fully saturated rings. The fraction of sp³-hybridized carbons (Fsp3) is 0.500. The lowest BCUT2D eigenvalue weighted by Gasteiger charge is -2.29. The topological polar surface area (TPSA) is 97.5 Å². The fourth-order valence-electron chi connectivity index (χ4n) is 2.20. The molecule has 0 unspecified atom stereocenters. The first-order valence-corrected chi connectivity index (χ1v) is 9.60. The van der Waals surface area contributed by atoms with Crippen LogP contribution in [0.2, 0.25) is 0 Å². The summed E-state index contributed by atoms with van der Waals surface area (Å²) in [4.78, 5) is 0.200. The second-order valence-corrected chi connectivity index (χ2v) is 8.96. The average molecular weight is 318 g/mol. The van der Waals surface area contributed by atoms with Crippen molar-refractivity contribution in [2.75, 3.05) is 19.3 Å². The Kier molecular flexibility index (Phi) is 4.19. The van der Waals surface area contributed by atoms with Gasteiger partial charge >= 0.3 is 0 Å². The van der Waals surface area contributed by atoms with Gasteiger partial charge in [0.15, 0.2) is 9.84 Å². The van der Waals surface area contributed by atoms with Crippen molar-refractivity contribution in [1.82, 2.24) is 4.31 Å². The summed E-state index contributed by atoms with van der Waals surface area (Å²) in [6, 6.07) is 5.13. The zero-order chi connectivity index (χ0) is 15.0. The number of rotatable bonds is 3. The molecule has 1 aromatic carbocycles. The van der Waals surface area contributed by atoms with Crippen LogP contribution in [-0.4, -0.2) is 46.5 Å². The van der Waals surface area contributed by atoms with Gasteiger partial charge in [-0.15, -0.1) is 0 Å². The molecule has 0 aromatic heterocycles. The van der Waals surface area contributed by atoms with Gasteiger partial charge in [-0.2, -0.15) is 4.31 Å². The van der Waals surface area contributed by atoms with Crippen LogP contribution in [0, 0.1) is 0 Å². The zero-order valence-electron chi connectivity index (χ0n) is 11.2. The Balaban J connectivity index is 2.30. The van der Waals surface area contributed by atoms with Gasteiger partial charge in [0.2, 0.25) is 10.0 Å². The van der Waals surface area contributed by atoms with Crippen LogP contribution >= 0.6 is 0 Å². The van der Waals surface area contributed by atoms with E-state index in [0.717, 1.165) is 19.1 Å². The molecule has 20 heavy (non-hydrogen) atoms. The predicted octanol–water partition coefficient (Wildman–Crippen LogP) is 0.202. The van der Waals surface area contributed by atoms with Gasteiger partial charge in [-0.05, 0) is 37.1 Å². The number of hydrogen-bond donors (Lipinski definition) is 1. The summed E-state index contributed by atoms with van der Waals surface area (Å²) in [5, 5.41) is 0. The molecular weight excluding hydrogens is 300 g/mol. The molecule has 1 saturated heterocycles. The van der Waals surface area contributed by atoms with Crippen LogP contribution in [0.1, 0.15) is 12.8 Å². The molecule has 0 bridgehead atoms. The molecule has 0 aliphatic carbocycles. The molecule has 1 heterocycles. The molecule has 1 aliphatic heterocycles. The highest BCUT2D eigenvalue weighted by atomic mass is 32.2. The number of piperidine rings is 1. The van der Waals surface area contributed by atoms with Gasteiger partial charge in [-0.3, -0.25) is 0 Å². The summed E-state index contributed by atoms with van der Waals surface area (Å²) < 4.78 is 48.9. The maximum absolute atomic E-state index is 12.4. The lowest BCUT2D eigenvalue weighted by molar-refractivity contribution is 0.316. The molecule has 2 N–H and O–H groups in total. The molecule has 8 heteroatoms. The van der Waals surface area contributed by atoms with Crippen molar-refractivity contribution in [2.45, 2.75) is 28.7 Å². The highest BCUT2D eigenvalue weighted by Crippen LogP contribution is 2.21. The fourth-order valence-corrected chi connectivity index (χ4v) is 4.37. The van der Waals surface area contributed by atoms with E-state index in [2.05, 4.69) is 0 Å². The van der Waals surface area contributed by atoms with Crippen LogP contribution in [0.15, 0.2) is 34.1 Å². The van der Waals surface area contributed by atoms with Crippen molar-refractivity contribution in [3.63, 3.8) is 0 Å². The number of nitrogens with zero attached hydrogens (tertiary/aromatic N) is 1. The Morgan fingerprint density at radius 2 is 1.65 bits per heavy atom. The highest BCUT2D eigenvalue weighted by Gasteiger charge is 2.28. The lowest BCUT2D eigenvalue weighted by Crippen LogP contribution is -2.45. The third-order valence-corrected chi connectivity index (χ3v) is 6.32. The first-order chi connectivity index (χ1) is 9.21. The average Bonchev–Trinajstić information content (AvgIpc) is 2.38. The van der Waals surface area contributed by atoms with Crippen LogP contribution in [0.3, 0.4) is 0 Å². The van der Waals surface area contributed by atoms with E-state index in [1.54, 1.807) is 0 Å². The van der Waals surface area contributed by atoms with Gasteiger partial charge in [-0.1, -0.05) is 0 Å². The van der Waals surface area contributed by atoms with Gasteiger partial charge in [0, 0.05) is 25.4 Å². The van der Waals surface area contributed by atoms with Crippen LogP contribution < -0.4 is 5.73 Å². The predicted molar refractivity (Wildman–Crippen MR) is 75.5 cm³/mol. The number of nitrogens with two attached hydrogens (primary N) is 1. The van der Waals surface area contributed by atoms with Gasteiger partial charge < -0.3 is 5.73 Å². The van der Waals surface area contributed by atoms with Crippen molar-refractivity contribution in [3.8, 4) is 0 Å². The first kappa shape index (κ1) is 15.4. The minimum atomic E-state index is -3.60. The van der Waals surface area contributed by atoms with E-state index < -0.39 is 19.9 Å². The zero-order valence-corrected chi connectivity index (χ0v) is 12.8. The summed E-state index contributed by atoms with van der Waals surface area (Å²) in [5.74, 6) is 0. The minimum absolute atomic E-state index is 0.0963. The molecule has 6 nitrogen and oxygen atoms in total. The highest BCUT2D eigenvalue weighted by molar-refractivity contribution is 7.90. The number of benzene rings is 1. The second-order valence-electron chi connectivity index (χ2n) is 5.01. The van der Waals surface area contributed by atoms with Crippen LogP contribution in [0.25, 0.3) is 0 Å². The molecule has 112 valence electrons. The standard InChI is InChI=1S/C12H18N2O4S2/c1-19(15,16)11-4-6-12(7-5-11)20(17,18)14-8-2-3-10(13)9-14/h4-7,10H,2-3,8-9,13H2,1H3/t10-/m1/s1. The van der Waals surface area contributed by atoms with Gasteiger partial charge in [0.1, 0.15) is 0 Å². The van der Waals surface area contributed by atoms with E-state index in [4.69, 9.17) is 5.73 Å². The van der Waals surface area contributed by atoms with Crippen LogP contribution in [-0.2, 0) is 19.9 Å².